The van der Waals surface area contributed by atoms with Crippen LogP contribution in [0.3, 0.4) is 0 Å². The second kappa shape index (κ2) is 8.23. The lowest BCUT2D eigenvalue weighted by atomic mass is 10.1. The molecule has 26 heavy (non-hydrogen) atoms. The molecule has 0 fully saturated rings. The smallest absolute Gasteiger partial charge is 0.416 e. The van der Waals surface area contributed by atoms with E-state index in [1.165, 1.54) is 6.07 Å². The van der Waals surface area contributed by atoms with Gasteiger partial charge in [-0.15, -0.1) is 0 Å². The summed E-state index contributed by atoms with van der Waals surface area (Å²) in [5, 5.41) is 3.12. The van der Waals surface area contributed by atoms with Crippen LogP contribution in [0, 0.1) is 0 Å². The Morgan fingerprint density at radius 1 is 1.15 bits per heavy atom. The van der Waals surface area contributed by atoms with Crippen LogP contribution in [0.1, 0.15) is 34.5 Å². The molecule has 0 aromatic heterocycles. The summed E-state index contributed by atoms with van der Waals surface area (Å²) < 4.78 is 42.7. The lowest BCUT2D eigenvalue weighted by Crippen LogP contribution is -2.31. The van der Waals surface area contributed by atoms with E-state index >= 15 is 0 Å². The van der Waals surface area contributed by atoms with Gasteiger partial charge >= 0.3 is 12.1 Å². The first-order chi connectivity index (χ1) is 12.2. The van der Waals surface area contributed by atoms with E-state index in [-0.39, 0.29) is 11.6 Å². The van der Waals surface area contributed by atoms with Crippen LogP contribution in [-0.2, 0) is 15.7 Å². The fourth-order valence-electron chi connectivity index (χ4n) is 2.18. The Kier molecular flexibility index (Phi) is 6.26. The van der Waals surface area contributed by atoms with E-state index in [0.717, 1.165) is 17.7 Å². The van der Waals surface area contributed by atoms with Gasteiger partial charge in [0.1, 0.15) is 0 Å². The highest BCUT2D eigenvalue weighted by atomic mass is 35.5. The predicted octanol–water partition coefficient (Wildman–Crippen LogP) is 4.39. The van der Waals surface area contributed by atoms with E-state index in [2.05, 4.69) is 5.32 Å². The van der Waals surface area contributed by atoms with Crippen LogP contribution in [0.15, 0.2) is 48.5 Å². The van der Waals surface area contributed by atoms with Crippen LogP contribution in [0.5, 0.6) is 0 Å². The maximum Gasteiger partial charge on any atom is 0.416 e. The normalized spacial score (nSPS) is 12.3. The minimum Gasteiger partial charge on any atom is -0.452 e. The van der Waals surface area contributed by atoms with Gasteiger partial charge in [-0.25, -0.2) is 4.79 Å². The monoisotopic (exact) mass is 385 g/mol. The van der Waals surface area contributed by atoms with E-state index < -0.39 is 30.2 Å². The first kappa shape index (κ1) is 19.8. The van der Waals surface area contributed by atoms with Gasteiger partial charge in [-0.05, 0) is 42.8 Å². The van der Waals surface area contributed by atoms with Crippen molar-refractivity contribution in [1.29, 1.82) is 0 Å². The van der Waals surface area contributed by atoms with Gasteiger partial charge in [0, 0.05) is 5.02 Å². The lowest BCUT2D eigenvalue weighted by Gasteiger charge is -2.15. The van der Waals surface area contributed by atoms with Crippen LogP contribution in [0.25, 0.3) is 0 Å². The Morgan fingerprint density at radius 2 is 1.85 bits per heavy atom. The van der Waals surface area contributed by atoms with Crippen molar-refractivity contribution in [3.05, 3.63) is 70.2 Å². The van der Waals surface area contributed by atoms with Crippen LogP contribution < -0.4 is 5.32 Å². The fourth-order valence-corrected chi connectivity index (χ4v) is 2.38. The third-order valence-corrected chi connectivity index (χ3v) is 3.72. The SMILES string of the molecule is C[C@@H](NC(=O)COC(=O)c1cccc(C(F)(F)F)c1)c1cccc(Cl)c1. The maximum atomic E-state index is 12.7. The molecule has 1 amide bonds. The van der Waals surface area contributed by atoms with Crippen LogP contribution in [0.4, 0.5) is 13.2 Å². The highest BCUT2D eigenvalue weighted by Gasteiger charge is 2.31. The highest BCUT2D eigenvalue weighted by molar-refractivity contribution is 6.30. The van der Waals surface area contributed by atoms with Gasteiger partial charge in [-0.2, -0.15) is 13.2 Å². The lowest BCUT2D eigenvalue weighted by molar-refractivity contribution is -0.137. The van der Waals surface area contributed by atoms with E-state index in [9.17, 15) is 22.8 Å². The number of rotatable bonds is 5. The summed E-state index contributed by atoms with van der Waals surface area (Å²) >= 11 is 5.88. The quantitative estimate of drug-likeness (QED) is 0.776. The Morgan fingerprint density at radius 3 is 2.50 bits per heavy atom. The van der Waals surface area contributed by atoms with Crippen molar-refractivity contribution in [2.75, 3.05) is 6.61 Å². The van der Waals surface area contributed by atoms with E-state index in [4.69, 9.17) is 16.3 Å². The van der Waals surface area contributed by atoms with Crippen molar-refractivity contribution in [1.82, 2.24) is 5.32 Å². The second-order valence-electron chi connectivity index (χ2n) is 5.50. The minimum atomic E-state index is -4.57. The molecule has 2 rings (SSSR count). The molecule has 0 radical (unpaired) electrons. The Hall–Kier alpha value is -2.54. The molecular weight excluding hydrogens is 371 g/mol. The number of ether oxygens (including phenoxy) is 1. The highest BCUT2D eigenvalue weighted by Crippen LogP contribution is 2.29. The number of hydrogen-bond acceptors (Lipinski definition) is 3. The summed E-state index contributed by atoms with van der Waals surface area (Å²) in [4.78, 5) is 23.7. The van der Waals surface area contributed by atoms with Gasteiger partial charge in [-0.1, -0.05) is 29.8 Å². The molecule has 2 aromatic rings. The molecule has 138 valence electrons. The van der Waals surface area contributed by atoms with Gasteiger partial charge in [0.15, 0.2) is 6.61 Å². The average molecular weight is 386 g/mol. The van der Waals surface area contributed by atoms with Crippen molar-refractivity contribution in [2.45, 2.75) is 19.1 Å². The summed E-state index contributed by atoms with van der Waals surface area (Å²) in [5.74, 6) is -1.60. The van der Waals surface area contributed by atoms with Crippen LogP contribution in [0.2, 0.25) is 5.02 Å². The number of alkyl halides is 3. The minimum absolute atomic E-state index is 0.282. The molecule has 0 aliphatic rings. The number of carbonyl (C=O) groups is 2. The molecule has 0 bridgehead atoms. The number of benzene rings is 2. The van der Waals surface area contributed by atoms with Crippen molar-refractivity contribution in [3.8, 4) is 0 Å². The van der Waals surface area contributed by atoms with E-state index in [1.54, 1.807) is 31.2 Å². The van der Waals surface area contributed by atoms with Gasteiger partial charge in [-0.3, -0.25) is 4.79 Å². The molecule has 0 spiro atoms. The van der Waals surface area contributed by atoms with Crippen molar-refractivity contribution in [3.63, 3.8) is 0 Å². The molecule has 0 heterocycles. The largest absolute Gasteiger partial charge is 0.452 e. The molecule has 2 aromatic carbocycles. The van der Waals surface area contributed by atoms with Crippen molar-refractivity contribution >= 4 is 23.5 Å². The number of nitrogens with one attached hydrogen (secondary N) is 1. The zero-order chi connectivity index (χ0) is 19.3. The number of amides is 1. The zero-order valence-electron chi connectivity index (χ0n) is 13.6. The third kappa shape index (κ3) is 5.49. The first-order valence-corrected chi connectivity index (χ1v) is 7.94. The topological polar surface area (TPSA) is 55.4 Å². The Bertz CT molecular complexity index is 808. The van der Waals surface area contributed by atoms with Crippen molar-refractivity contribution < 1.29 is 27.5 Å². The molecule has 0 aliphatic heterocycles. The molecule has 1 N–H and O–H groups in total. The average Bonchev–Trinajstić information content (AvgIpc) is 2.59. The standard InChI is InChI=1S/C18H15ClF3NO3/c1-11(12-4-3-7-15(19)9-12)23-16(24)10-26-17(25)13-5-2-6-14(8-13)18(20,21)22/h2-9,11H,10H2,1H3,(H,23,24)/t11-/m1/s1. The summed E-state index contributed by atoms with van der Waals surface area (Å²) in [6, 6.07) is 10.3. The number of esters is 1. The molecular formula is C18H15ClF3NO3. The zero-order valence-corrected chi connectivity index (χ0v) is 14.4. The van der Waals surface area contributed by atoms with Gasteiger partial charge in [0.25, 0.3) is 5.91 Å². The molecule has 0 unspecified atom stereocenters. The predicted molar refractivity (Wildman–Crippen MR) is 89.7 cm³/mol. The van der Waals surface area contributed by atoms with Gasteiger partial charge < -0.3 is 10.1 Å². The Labute approximate surface area is 152 Å². The number of halogens is 4. The first-order valence-electron chi connectivity index (χ1n) is 7.56. The molecule has 1 atom stereocenters. The van der Waals surface area contributed by atoms with Gasteiger partial charge in [0.05, 0.1) is 17.2 Å². The second-order valence-corrected chi connectivity index (χ2v) is 5.94. The van der Waals surface area contributed by atoms with E-state index in [1.807, 2.05) is 0 Å². The molecule has 4 nitrogen and oxygen atoms in total. The van der Waals surface area contributed by atoms with Crippen LogP contribution >= 0.6 is 11.6 Å². The van der Waals surface area contributed by atoms with E-state index in [0.29, 0.717) is 11.1 Å². The number of carbonyl (C=O) groups excluding carboxylic acids is 2. The maximum absolute atomic E-state index is 12.7. The molecule has 8 heteroatoms. The molecule has 0 saturated carbocycles. The summed E-state index contributed by atoms with van der Waals surface area (Å²) in [7, 11) is 0. The summed E-state index contributed by atoms with van der Waals surface area (Å²) in [6.07, 6.45) is -4.57. The molecule has 0 saturated heterocycles. The number of hydrogen-bond donors (Lipinski definition) is 1. The fraction of sp³-hybridized carbons (Fsp3) is 0.222. The summed E-state index contributed by atoms with van der Waals surface area (Å²) in [5.41, 5.74) is -0.489. The van der Waals surface area contributed by atoms with Crippen molar-refractivity contribution in [2.24, 2.45) is 0 Å². The molecule has 0 aliphatic carbocycles. The third-order valence-electron chi connectivity index (χ3n) is 3.49. The van der Waals surface area contributed by atoms with Gasteiger partial charge in [0.2, 0.25) is 0 Å². The summed E-state index contributed by atoms with van der Waals surface area (Å²) in [6.45, 7) is 1.11. The Balaban J connectivity index is 1.92. The van der Waals surface area contributed by atoms with Crippen LogP contribution in [-0.4, -0.2) is 18.5 Å².